The molecule has 0 atom stereocenters. The van der Waals surface area contributed by atoms with Crippen LogP contribution in [0.1, 0.15) is 18.4 Å². The molecular formula is C22H25FN4OS. The van der Waals surface area contributed by atoms with E-state index < -0.39 is 0 Å². The Morgan fingerprint density at radius 3 is 2.69 bits per heavy atom. The number of likely N-dealkylation sites (N-methyl/N-ethyl adjacent to an activating group) is 1. The summed E-state index contributed by atoms with van der Waals surface area (Å²) >= 11 is 1.40. The Morgan fingerprint density at radius 2 is 1.97 bits per heavy atom. The molecule has 3 aromatic rings. The van der Waals surface area contributed by atoms with Gasteiger partial charge >= 0.3 is 0 Å². The molecule has 5 nitrogen and oxygen atoms in total. The lowest BCUT2D eigenvalue weighted by Crippen LogP contribution is -2.46. The second-order valence-electron chi connectivity index (χ2n) is 7.54. The fourth-order valence-corrected chi connectivity index (χ4v) is 4.64. The first kappa shape index (κ1) is 19.8. The number of nitrogens with one attached hydrogen (secondary N) is 1. The van der Waals surface area contributed by atoms with Crippen molar-refractivity contribution >= 4 is 32.6 Å². The van der Waals surface area contributed by atoms with Gasteiger partial charge in [0.25, 0.3) is 0 Å². The molecule has 1 amide bonds. The summed E-state index contributed by atoms with van der Waals surface area (Å²) in [5.74, 6) is -0.348. The van der Waals surface area contributed by atoms with E-state index in [9.17, 15) is 9.18 Å². The summed E-state index contributed by atoms with van der Waals surface area (Å²) in [6, 6.07) is 15.6. The molecule has 29 heavy (non-hydrogen) atoms. The minimum atomic E-state index is -0.329. The van der Waals surface area contributed by atoms with E-state index in [1.54, 1.807) is 11.0 Å². The number of carbonyl (C=O) groups excluding carboxylic acids is 1. The van der Waals surface area contributed by atoms with Gasteiger partial charge in [0.2, 0.25) is 5.91 Å². The number of hydrogen-bond donors (Lipinski definition) is 1. The Hall–Kier alpha value is -2.51. The Morgan fingerprint density at radius 1 is 1.21 bits per heavy atom. The molecule has 1 N–H and O–H groups in total. The average Bonchev–Trinajstić information content (AvgIpc) is 3.16. The molecule has 152 valence electrons. The first-order valence-corrected chi connectivity index (χ1v) is 10.7. The van der Waals surface area contributed by atoms with Crippen LogP contribution < -0.4 is 10.2 Å². The molecule has 4 rings (SSSR count). The molecule has 1 aliphatic rings. The van der Waals surface area contributed by atoms with Crippen molar-refractivity contribution in [2.75, 3.05) is 31.6 Å². The molecule has 1 aromatic heterocycles. The number of hydrogen-bond acceptors (Lipinski definition) is 5. The van der Waals surface area contributed by atoms with Crippen LogP contribution in [0, 0.1) is 5.82 Å². The maximum atomic E-state index is 13.8. The van der Waals surface area contributed by atoms with Gasteiger partial charge < -0.3 is 10.2 Å². The van der Waals surface area contributed by atoms with Crippen LogP contribution in [0.4, 0.5) is 9.52 Å². The van der Waals surface area contributed by atoms with Crippen LogP contribution in [0.25, 0.3) is 10.2 Å². The summed E-state index contributed by atoms with van der Waals surface area (Å²) in [6.45, 7) is 3.13. The van der Waals surface area contributed by atoms with E-state index >= 15 is 0 Å². The molecule has 1 fully saturated rings. The molecule has 2 aromatic carbocycles. The summed E-state index contributed by atoms with van der Waals surface area (Å²) in [4.78, 5) is 21.0. The smallest absolute Gasteiger partial charge is 0.239 e. The van der Waals surface area contributed by atoms with Gasteiger partial charge in [-0.3, -0.25) is 9.69 Å². The first-order chi connectivity index (χ1) is 14.1. The standard InChI is InChI=1S/C22H25FN4OS/c1-26(22-25-21-18(23)8-5-9-19(21)29-22)15-20(28)24-17-10-12-27(13-11-17)14-16-6-3-2-4-7-16/h2-9,17H,10-15H2,1H3,(H,24,28). The number of fused-ring (bicyclic) bond motifs is 1. The fraction of sp³-hybridized carbons (Fsp3) is 0.364. The fourth-order valence-electron chi connectivity index (χ4n) is 3.70. The van der Waals surface area contributed by atoms with Crippen molar-refractivity contribution in [3.63, 3.8) is 0 Å². The van der Waals surface area contributed by atoms with Crippen LogP contribution in [0.15, 0.2) is 48.5 Å². The number of halogens is 1. The van der Waals surface area contributed by atoms with Crippen molar-refractivity contribution in [1.82, 2.24) is 15.2 Å². The highest BCUT2D eigenvalue weighted by molar-refractivity contribution is 7.22. The Labute approximate surface area is 174 Å². The molecule has 2 heterocycles. The zero-order valence-electron chi connectivity index (χ0n) is 16.5. The summed E-state index contributed by atoms with van der Waals surface area (Å²) in [5, 5.41) is 3.80. The Balaban J connectivity index is 1.26. The molecule has 0 radical (unpaired) electrons. The summed E-state index contributed by atoms with van der Waals surface area (Å²) < 4.78 is 14.6. The highest BCUT2D eigenvalue weighted by Gasteiger charge is 2.22. The number of anilines is 1. The number of nitrogens with zero attached hydrogens (tertiary/aromatic N) is 3. The largest absolute Gasteiger partial charge is 0.352 e. The predicted octanol–water partition coefficient (Wildman–Crippen LogP) is 3.65. The predicted molar refractivity (Wildman–Crippen MR) is 116 cm³/mol. The van der Waals surface area contributed by atoms with Crippen LogP contribution in [0.3, 0.4) is 0 Å². The van der Waals surface area contributed by atoms with Gasteiger partial charge in [0.15, 0.2) is 5.13 Å². The van der Waals surface area contributed by atoms with E-state index in [2.05, 4.69) is 39.5 Å². The number of para-hydroxylation sites is 1. The minimum absolute atomic E-state index is 0.0197. The number of thiazole rings is 1. The average molecular weight is 413 g/mol. The lowest BCUT2D eigenvalue weighted by Gasteiger charge is -2.32. The van der Waals surface area contributed by atoms with Gasteiger partial charge in [-0.1, -0.05) is 47.7 Å². The third kappa shape index (κ3) is 4.92. The van der Waals surface area contributed by atoms with Crippen molar-refractivity contribution in [1.29, 1.82) is 0 Å². The maximum Gasteiger partial charge on any atom is 0.239 e. The van der Waals surface area contributed by atoms with E-state index in [0.717, 1.165) is 37.2 Å². The summed E-state index contributed by atoms with van der Waals surface area (Å²) in [5.41, 5.74) is 1.69. The number of benzene rings is 2. The van der Waals surface area contributed by atoms with Crippen molar-refractivity contribution in [2.45, 2.75) is 25.4 Å². The van der Waals surface area contributed by atoms with Crippen molar-refractivity contribution in [2.24, 2.45) is 0 Å². The molecule has 0 saturated carbocycles. The first-order valence-electron chi connectivity index (χ1n) is 9.90. The quantitative estimate of drug-likeness (QED) is 0.671. The van der Waals surface area contributed by atoms with Crippen LogP contribution in [-0.4, -0.2) is 48.5 Å². The third-order valence-corrected chi connectivity index (χ3v) is 6.40. The lowest BCUT2D eigenvalue weighted by molar-refractivity contribution is -0.120. The second kappa shape index (κ2) is 8.88. The number of likely N-dealkylation sites (tertiary alicyclic amines) is 1. The molecule has 7 heteroatoms. The number of aromatic nitrogens is 1. The maximum absolute atomic E-state index is 13.8. The monoisotopic (exact) mass is 412 g/mol. The van der Waals surface area contributed by atoms with Gasteiger partial charge in [0.05, 0.1) is 11.2 Å². The van der Waals surface area contributed by atoms with Crippen LogP contribution in [0.5, 0.6) is 0 Å². The summed E-state index contributed by atoms with van der Waals surface area (Å²) in [7, 11) is 1.82. The van der Waals surface area contributed by atoms with Gasteiger partial charge in [-0.25, -0.2) is 9.37 Å². The van der Waals surface area contributed by atoms with E-state index in [0.29, 0.717) is 10.6 Å². The molecule has 0 unspecified atom stereocenters. The summed E-state index contributed by atoms with van der Waals surface area (Å²) in [6.07, 6.45) is 1.91. The van der Waals surface area contributed by atoms with E-state index in [1.165, 1.54) is 23.0 Å². The van der Waals surface area contributed by atoms with Crippen molar-refractivity contribution in [3.8, 4) is 0 Å². The third-order valence-electron chi connectivity index (χ3n) is 5.27. The molecular weight excluding hydrogens is 387 g/mol. The number of piperidine rings is 1. The van der Waals surface area contributed by atoms with Gasteiger partial charge in [-0.05, 0) is 30.5 Å². The molecule has 0 bridgehead atoms. The topological polar surface area (TPSA) is 48.5 Å². The van der Waals surface area contributed by atoms with Crippen LogP contribution in [-0.2, 0) is 11.3 Å². The van der Waals surface area contributed by atoms with Gasteiger partial charge in [-0.2, -0.15) is 0 Å². The highest BCUT2D eigenvalue weighted by Crippen LogP contribution is 2.29. The van der Waals surface area contributed by atoms with Crippen molar-refractivity contribution < 1.29 is 9.18 Å². The number of carbonyl (C=O) groups is 1. The van der Waals surface area contributed by atoms with E-state index in [1.807, 2.05) is 19.2 Å². The minimum Gasteiger partial charge on any atom is -0.352 e. The van der Waals surface area contributed by atoms with E-state index in [4.69, 9.17) is 0 Å². The van der Waals surface area contributed by atoms with Gasteiger partial charge in [0, 0.05) is 32.7 Å². The zero-order valence-corrected chi connectivity index (χ0v) is 17.3. The molecule has 0 spiro atoms. The second-order valence-corrected chi connectivity index (χ2v) is 8.55. The van der Waals surface area contributed by atoms with Crippen LogP contribution in [0.2, 0.25) is 0 Å². The van der Waals surface area contributed by atoms with Gasteiger partial charge in [-0.15, -0.1) is 0 Å². The zero-order chi connectivity index (χ0) is 20.2. The Bertz CT molecular complexity index is 969. The normalized spacial score (nSPS) is 15.5. The number of rotatable bonds is 6. The lowest BCUT2D eigenvalue weighted by atomic mass is 10.0. The molecule has 1 saturated heterocycles. The van der Waals surface area contributed by atoms with Crippen LogP contribution >= 0.6 is 11.3 Å². The van der Waals surface area contributed by atoms with Gasteiger partial charge in [0.1, 0.15) is 11.3 Å². The Kier molecular flexibility index (Phi) is 6.06. The number of amides is 1. The SMILES string of the molecule is CN(CC(=O)NC1CCN(Cc2ccccc2)CC1)c1nc2c(F)cccc2s1. The van der Waals surface area contributed by atoms with E-state index in [-0.39, 0.29) is 24.3 Å². The molecule has 0 aliphatic carbocycles. The molecule has 1 aliphatic heterocycles. The van der Waals surface area contributed by atoms with Crippen molar-refractivity contribution in [3.05, 3.63) is 59.9 Å². The highest BCUT2D eigenvalue weighted by atomic mass is 32.1.